The van der Waals surface area contributed by atoms with E-state index in [1.807, 2.05) is 0 Å². The summed E-state index contributed by atoms with van der Waals surface area (Å²) in [5.41, 5.74) is 4.85. The SMILES string of the molecule is Cn1cc(Br)c(OC2CCC(CC(=O)C(N)=O)CC2)cc1=O. The summed E-state index contributed by atoms with van der Waals surface area (Å²) < 4.78 is 8.10. The normalized spacial score (nSPS) is 21.4. The van der Waals surface area contributed by atoms with E-state index in [0.717, 1.165) is 30.2 Å². The molecule has 1 saturated carbocycles. The molecule has 1 amide bonds. The minimum Gasteiger partial charge on any atom is -0.489 e. The van der Waals surface area contributed by atoms with Crippen LogP contribution in [0.2, 0.25) is 0 Å². The Morgan fingerprint density at radius 2 is 2.00 bits per heavy atom. The van der Waals surface area contributed by atoms with Crippen LogP contribution in [0.1, 0.15) is 32.1 Å². The Hall–Kier alpha value is -1.63. The molecular formula is C15H19BrN2O4. The molecule has 2 rings (SSSR count). The van der Waals surface area contributed by atoms with E-state index in [4.69, 9.17) is 10.5 Å². The molecule has 0 unspecified atom stereocenters. The number of ketones is 1. The number of carbonyl (C=O) groups excluding carboxylic acids is 2. The Morgan fingerprint density at radius 1 is 1.36 bits per heavy atom. The number of hydrogen-bond acceptors (Lipinski definition) is 4. The van der Waals surface area contributed by atoms with Crippen molar-refractivity contribution in [2.75, 3.05) is 0 Å². The van der Waals surface area contributed by atoms with Crippen molar-refractivity contribution in [1.29, 1.82) is 0 Å². The van der Waals surface area contributed by atoms with Gasteiger partial charge in [0.15, 0.2) is 0 Å². The molecule has 0 radical (unpaired) electrons. The number of pyridine rings is 1. The molecule has 1 aliphatic carbocycles. The maximum absolute atomic E-state index is 11.7. The second-order valence-corrected chi connectivity index (χ2v) is 6.54. The lowest BCUT2D eigenvalue weighted by atomic mass is 9.84. The Labute approximate surface area is 136 Å². The van der Waals surface area contributed by atoms with Gasteiger partial charge in [-0.1, -0.05) is 0 Å². The standard InChI is InChI=1S/C15H19BrN2O4/c1-18-8-11(16)13(7-14(18)20)22-10-4-2-9(3-5-10)6-12(19)15(17)21/h7-10H,2-6H2,1H3,(H2,17,21). The Bertz CT molecular complexity index is 633. The summed E-state index contributed by atoms with van der Waals surface area (Å²) in [4.78, 5) is 33.8. The smallest absolute Gasteiger partial charge is 0.284 e. The van der Waals surface area contributed by atoms with Gasteiger partial charge in [0.2, 0.25) is 5.78 Å². The highest BCUT2D eigenvalue weighted by Gasteiger charge is 2.26. The molecule has 0 bridgehead atoms. The van der Waals surface area contributed by atoms with Crippen LogP contribution in [0.3, 0.4) is 0 Å². The van der Waals surface area contributed by atoms with Gasteiger partial charge in [-0.15, -0.1) is 0 Å². The van der Waals surface area contributed by atoms with Crippen LogP contribution >= 0.6 is 15.9 Å². The molecule has 0 atom stereocenters. The Balaban J connectivity index is 1.90. The molecule has 1 fully saturated rings. The average Bonchev–Trinajstić information content (AvgIpc) is 2.46. The minimum atomic E-state index is -0.859. The predicted octanol–water partition coefficient (Wildman–Crippen LogP) is 1.53. The van der Waals surface area contributed by atoms with Crippen molar-refractivity contribution >= 4 is 27.6 Å². The van der Waals surface area contributed by atoms with Crippen molar-refractivity contribution in [2.45, 2.75) is 38.2 Å². The van der Waals surface area contributed by atoms with Gasteiger partial charge < -0.3 is 15.0 Å². The number of carbonyl (C=O) groups is 2. The van der Waals surface area contributed by atoms with Gasteiger partial charge in [0.25, 0.3) is 11.5 Å². The average molecular weight is 371 g/mol. The molecule has 7 heteroatoms. The lowest BCUT2D eigenvalue weighted by Crippen LogP contribution is -2.29. The molecule has 120 valence electrons. The zero-order valence-electron chi connectivity index (χ0n) is 12.4. The molecule has 0 aromatic carbocycles. The molecule has 1 heterocycles. The first-order valence-corrected chi connectivity index (χ1v) is 8.01. The first kappa shape index (κ1) is 16.7. The van der Waals surface area contributed by atoms with E-state index in [2.05, 4.69) is 15.9 Å². The zero-order valence-corrected chi connectivity index (χ0v) is 14.0. The van der Waals surface area contributed by atoms with Crippen molar-refractivity contribution in [3.63, 3.8) is 0 Å². The number of nitrogens with two attached hydrogens (primary N) is 1. The van der Waals surface area contributed by atoms with Gasteiger partial charge >= 0.3 is 0 Å². The van der Waals surface area contributed by atoms with Crippen LogP contribution in [0.5, 0.6) is 5.75 Å². The van der Waals surface area contributed by atoms with Gasteiger partial charge in [0, 0.05) is 25.7 Å². The number of Topliss-reactive ketones (excluding diaryl/α,β-unsaturated/α-hetero) is 1. The van der Waals surface area contributed by atoms with Crippen molar-refractivity contribution in [2.24, 2.45) is 18.7 Å². The number of amides is 1. The molecule has 6 nitrogen and oxygen atoms in total. The number of rotatable bonds is 5. The van der Waals surface area contributed by atoms with Gasteiger partial charge in [0.05, 0.1) is 10.6 Å². The summed E-state index contributed by atoms with van der Waals surface area (Å²) >= 11 is 3.39. The molecule has 2 N–H and O–H groups in total. The summed E-state index contributed by atoms with van der Waals surface area (Å²) in [5, 5.41) is 0. The molecule has 0 saturated heterocycles. The first-order valence-electron chi connectivity index (χ1n) is 7.22. The van der Waals surface area contributed by atoms with Gasteiger partial charge in [-0.25, -0.2) is 0 Å². The summed E-state index contributed by atoms with van der Waals surface area (Å²) in [5.74, 6) is -0.632. The van der Waals surface area contributed by atoms with Crippen LogP contribution < -0.4 is 16.0 Å². The number of aryl methyl sites for hydroxylation is 1. The third-order valence-corrected chi connectivity index (χ3v) is 4.58. The lowest BCUT2D eigenvalue weighted by Gasteiger charge is -2.28. The predicted molar refractivity (Wildman–Crippen MR) is 84.6 cm³/mol. The van der Waals surface area contributed by atoms with Gasteiger partial charge in [-0.05, 0) is 47.5 Å². The fourth-order valence-electron chi connectivity index (χ4n) is 2.67. The molecule has 0 aliphatic heterocycles. The van der Waals surface area contributed by atoms with E-state index >= 15 is 0 Å². The second kappa shape index (κ2) is 7.09. The second-order valence-electron chi connectivity index (χ2n) is 5.69. The van der Waals surface area contributed by atoms with Crippen molar-refractivity contribution in [3.05, 3.63) is 27.1 Å². The monoisotopic (exact) mass is 370 g/mol. The quantitative estimate of drug-likeness (QED) is 0.795. The van der Waals surface area contributed by atoms with Crippen molar-refractivity contribution in [1.82, 2.24) is 4.57 Å². The maximum atomic E-state index is 11.7. The van der Waals surface area contributed by atoms with Gasteiger partial charge in [-0.2, -0.15) is 0 Å². The van der Waals surface area contributed by atoms with E-state index < -0.39 is 11.7 Å². The fraction of sp³-hybridized carbons (Fsp3) is 0.533. The van der Waals surface area contributed by atoms with E-state index in [9.17, 15) is 14.4 Å². The van der Waals surface area contributed by atoms with Crippen LogP contribution in [0.25, 0.3) is 0 Å². The number of aromatic nitrogens is 1. The minimum absolute atomic E-state index is 0.0170. The Morgan fingerprint density at radius 3 is 2.59 bits per heavy atom. The number of primary amides is 1. The summed E-state index contributed by atoms with van der Waals surface area (Å²) in [7, 11) is 1.68. The molecule has 1 aromatic heterocycles. The first-order chi connectivity index (χ1) is 10.4. The fourth-order valence-corrected chi connectivity index (χ4v) is 3.18. The zero-order chi connectivity index (χ0) is 16.3. The van der Waals surface area contributed by atoms with Crippen molar-refractivity contribution < 1.29 is 14.3 Å². The van der Waals surface area contributed by atoms with Crippen LogP contribution in [0.15, 0.2) is 21.5 Å². The molecule has 22 heavy (non-hydrogen) atoms. The molecule has 1 aliphatic rings. The summed E-state index contributed by atoms with van der Waals surface area (Å²) in [6, 6.07) is 1.47. The Kier molecular flexibility index (Phi) is 5.39. The van der Waals surface area contributed by atoms with Crippen LogP contribution in [0, 0.1) is 5.92 Å². The van der Waals surface area contributed by atoms with Crippen LogP contribution in [0.4, 0.5) is 0 Å². The van der Waals surface area contributed by atoms with E-state index in [1.165, 1.54) is 10.6 Å². The topological polar surface area (TPSA) is 91.4 Å². The lowest BCUT2D eigenvalue weighted by molar-refractivity contribution is -0.136. The number of halogens is 1. The molecule has 1 aromatic rings. The van der Waals surface area contributed by atoms with Crippen LogP contribution in [-0.4, -0.2) is 22.4 Å². The maximum Gasteiger partial charge on any atom is 0.284 e. The van der Waals surface area contributed by atoms with Gasteiger partial charge in [0.1, 0.15) is 5.75 Å². The number of ether oxygens (including phenoxy) is 1. The van der Waals surface area contributed by atoms with Crippen molar-refractivity contribution in [3.8, 4) is 5.75 Å². The summed E-state index contributed by atoms with van der Waals surface area (Å²) in [6.45, 7) is 0. The van der Waals surface area contributed by atoms with E-state index in [-0.39, 0.29) is 24.0 Å². The molecule has 0 spiro atoms. The highest BCUT2D eigenvalue weighted by Crippen LogP contribution is 2.31. The molecular weight excluding hydrogens is 352 g/mol. The van der Waals surface area contributed by atoms with Crippen LogP contribution in [-0.2, 0) is 16.6 Å². The number of hydrogen-bond donors (Lipinski definition) is 1. The van der Waals surface area contributed by atoms with Gasteiger partial charge in [-0.3, -0.25) is 14.4 Å². The number of nitrogens with zero attached hydrogens (tertiary/aromatic N) is 1. The summed E-state index contributed by atoms with van der Waals surface area (Å²) in [6.07, 6.45) is 5.12. The van der Waals surface area contributed by atoms with E-state index in [1.54, 1.807) is 13.2 Å². The van der Waals surface area contributed by atoms with E-state index in [0.29, 0.717) is 5.75 Å². The third kappa shape index (κ3) is 4.19. The third-order valence-electron chi connectivity index (χ3n) is 3.98. The highest BCUT2D eigenvalue weighted by atomic mass is 79.9. The highest BCUT2D eigenvalue weighted by molar-refractivity contribution is 9.10. The largest absolute Gasteiger partial charge is 0.489 e.